The highest BCUT2D eigenvalue weighted by Gasteiger charge is 2.18. The second-order valence-electron chi connectivity index (χ2n) is 5.23. The number of benzene rings is 2. The van der Waals surface area contributed by atoms with Gasteiger partial charge in [-0.2, -0.15) is 0 Å². The van der Waals surface area contributed by atoms with E-state index in [2.05, 4.69) is 5.32 Å². The maximum Gasteiger partial charge on any atom is 0.253 e. The molecule has 0 aliphatic carbocycles. The molecule has 0 spiro atoms. The molecule has 23 heavy (non-hydrogen) atoms. The summed E-state index contributed by atoms with van der Waals surface area (Å²) >= 11 is 1.53. The first-order valence-electron chi connectivity index (χ1n) is 7.20. The van der Waals surface area contributed by atoms with Gasteiger partial charge in [-0.3, -0.25) is 4.79 Å². The molecule has 1 aromatic heterocycles. The number of fused-ring (bicyclic) bond motifs is 1. The van der Waals surface area contributed by atoms with Crippen LogP contribution in [0.3, 0.4) is 0 Å². The fraction of sp³-hybridized carbons (Fsp3) is 0.167. The Morgan fingerprint density at radius 3 is 2.83 bits per heavy atom. The molecule has 0 fully saturated rings. The van der Waals surface area contributed by atoms with E-state index in [9.17, 15) is 9.18 Å². The van der Waals surface area contributed by atoms with Gasteiger partial charge in [0.15, 0.2) is 0 Å². The number of carbonyl (C=O) groups is 1. The first-order valence-corrected chi connectivity index (χ1v) is 8.08. The Bertz CT molecular complexity index is 859. The van der Waals surface area contributed by atoms with Gasteiger partial charge < -0.3 is 10.1 Å². The third-order valence-electron chi connectivity index (χ3n) is 3.73. The summed E-state index contributed by atoms with van der Waals surface area (Å²) in [6.07, 6.45) is 0. The molecule has 5 heteroatoms. The Labute approximate surface area is 137 Å². The SMILES string of the molecule is COc1ccc(F)cc1C(C)NC(=O)c1csc2ccccc12. The fourth-order valence-corrected chi connectivity index (χ4v) is 3.49. The van der Waals surface area contributed by atoms with Gasteiger partial charge in [0, 0.05) is 21.0 Å². The van der Waals surface area contributed by atoms with Crippen molar-refractivity contribution in [2.45, 2.75) is 13.0 Å². The molecule has 0 aliphatic rings. The quantitative estimate of drug-likeness (QED) is 0.763. The maximum atomic E-state index is 13.5. The minimum atomic E-state index is -0.369. The smallest absolute Gasteiger partial charge is 0.253 e. The minimum absolute atomic E-state index is 0.179. The summed E-state index contributed by atoms with van der Waals surface area (Å²) in [4.78, 5) is 12.5. The van der Waals surface area contributed by atoms with Gasteiger partial charge >= 0.3 is 0 Å². The molecule has 118 valence electrons. The highest BCUT2D eigenvalue weighted by Crippen LogP contribution is 2.28. The Morgan fingerprint density at radius 1 is 1.26 bits per heavy atom. The lowest BCUT2D eigenvalue weighted by Crippen LogP contribution is -2.26. The largest absolute Gasteiger partial charge is 0.496 e. The van der Waals surface area contributed by atoms with Crippen LogP contribution in [-0.2, 0) is 0 Å². The normalized spacial score (nSPS) is 12.1. The third kappa shape index (κ3) is 3.05. The number of hydrogen-bond acceptors (Lipinski definition) is 3. The van der Waals surface area contributed by atoms with E-state index in [0.29, 0.717) is 16.9 Å². The molecule has 3 aromatic rings. The zero-order chi connectivity index (χ0) is 16.4. The molecule has 2 aromatic carbocycles. The Morgan fingerprint density at radius 2 is 2.04 bits per heavy atom. The van der Waals surface area contributed by atoms with Gasteiger partial charge in [0.1, 0.15) is 11.6 Å². The Balaban J connectivity index is 1.87. The molecule has 0 bridgehead atoms. The van der Waals surface area contributed by atoms with Crippen LogP contribution in [0.15, 0.2) is 47.8 Å². The van der Waals surface area contributed by atoms with Crippen molar-refractivity contribution in [3.8, 4) is 5.75 Å². The second kappa shape index (κ2) is 6.38. The zero-order valence-electron chi connectivity index (χ0n) is 12.8. The van der Waals surface area contributed by atoms with E-state index >= 15 is 0 Å². The molecule has 3 nitrogen and oxygen atoms in total. The molecule has 1 amide bonds. The number of ether oxygens (including phenoxy) is 1. The first-order chi connectivity index (χ1) is 11.1. The minimum Gasteiger partial charge on any atom is -0.496 e. The molecule has 0 saturated heterocycles. The first kappa shape index (κ1) is 15.5. The number of nitrogens with one attached hydrogen (secondary N) is 1. The zero-order valence-corrected chi connectivity index (χ0v) is 13.6. The van der Waals surface area contributed by atoms with Crippen molar-refractivity contribution in [3.63, 3.8) is 0 Å². The van der Waals surface area contributed by atoms with Crippen molar-refractivity contribution in [2.24, 2.45) is 0 Å². The van der Waals surface area contributed by atoms with E-state index in [-0.39, 0.29) is 17.8 Å². The van der Waals surface area contributed by atoms with Gasteiger partial charge in [-0.15, -0.1) is 11.3 Å². The number of amides is 1. The highest BCUT2D eigenvalue weighted by molar-refractivity contribution is 7.17. The van der Waals surface area contributed by atoms with E-state index in [4.69, 9.17) is 4.74 Å². The van der Waals surface area contributed by atoms with Crippen molar-refractivity contribution < 1.29 is 13.9 Å². The van der Waals surface area contributed by atoms with Gasteiger partial charge in [0.2, 0.25) is 0 Å². The number of hydrogen-bond donors (Lipinski definition) is 1. The maximum absolute atomic E-state index is 13.5. The Hall–Kier alpha value is -2.40. The highest BCUT2D eigenvalue weighted by atomic mass is 32.1. The van der Waals surface area contributed by atoms with E-state index < -0.39 is 0 Å². The Kier molecular flexibility index (Phi) is 4.30. The van der Waals surface area contributed by atoms with E-state index in [1.54, 1.807) is 6.07 Å². The molecular weight excluding hydrogens is 313 g/mol. The predicted octanol–water partition coefficient (Wildman–Crippen LogP) is 4.54. The summed E-state index contributed by atoms with van der Waals surface area (Å²) in [7, 11) is 1.53. The van der Waals surface area contributed by atoms with Gasteiger partial charge in [0.05, 0.1) is 18.7 Å². The summed E-state index contributed by atoms with van der Waals surface area (Å²) in [5.74, 6) is 0.0125. The molecule has 1 N–H and O–H groups in total. The number of halogens is 1. The van der Waals surface area contributed by atoms with Crippen molar-refractivity contribution >= 4 is 27.3 Å². The van der Waals surface area contributed by atoms with Crippen LogP contribution in [0.1, 0.15) is 28.9 Å². The van der Waals surface area contributed by atoms with Crippen LogP contribution in [0.5, 0.6) is 5.75 Å². The summed E-state index contributed by atoms with van der Waals surface area (Å²) in [5, 5.41) is 5.68. The van der Waals surface area contributed by atoms with Crippen LogP contribution in [0.25, 0.3) is 10.1 Å². The molecule has 1 heterocycles. The van der Waals surface area contributed by atoms with E-state index in [1.165, 1.54) is 30.6 Å². The molecular formula is C18H16FNO2S. The topological polar surface area (TPSA) is 38.3 Å². The average molecular weight is 329 g/mol. The number of methoxy groups -OCH3 is 1. The lowest BCUT2D eigenvalue weighted by Gasteiger charge is -2.17. The second-order valence-corrected chi connectivity index (χ2v) is 6.14. The van der Waals surface area contributed by atoms with Gasteiger partial charge in [0.25, 0.3) is 5.91 Å². The van der Waals surface area contributed by atoms with Gasteiger partial charge in [-0.1, -0.05) is 18.2 Å². The molecule has 3 rings (SSSR count). The van der Waals surface area contributed by atoms with Crippen molar-refractivity contribution in [3.05, 3.63) is 64.8 Å². The summed E-state index contributed by atoms with van der Waals surface area (Å²) in [6.45, 7) is 1.81. The van der Waals surface area contributed by atoms with Crippen molar-refractivity contribution in [1.82, 2.24) is 5.32 Å². The van der Waals surface area contributed by atoms with E-state index in [0.717, 1.165) is 10.1 Å². The lowest BCUT2D eigenvalue weighted by molar-refractivity contribution is 0.0941. The molecule has 1 unspecified atom stereocenters. The predicted molar refractivity (Wildman–Crippen MR) is 90.7 cm³/mol. The number of thiophene rings is 1. The van der Waals surface area contributed by atoms with Crippen LogP contribution < -0.4 is 10.1 Å². The molecule has 1 atom stereocenters. The number of carbonyl (C=O) groups excluding carboxylic acids is 1. The van der Waals surface area contributed by atoms with Crippen LogP contribution in [-0.4, -0.2) is 13.0 Å². The molecule has 0 aliphatic heterocycles. The summed E-state index contributed by atoms with van der Waals surface area (Å²) < 4.78 is 19.8. The van der Waals surface area contributed by atoms with Gasteiger partial charge in [-0.25, -0.2) is 4.39 Å². The summed E-state index contributed by atoms with van der Waals surface area (Å²) in [5.41, 5.74) is 1.24. The van der Waals surface area contributed by atoms with Gasteiger partial charge in [-0.05, 0) is 31.2 Å². The number of rotatable bonds is 4. The molecule has 0 saturated carbocycles. The van der Waals surface area contributed by atoms with Crippen molar-refractivity contribution in [1.29, 1.82) is 0 Å². The van der Waals surface area contributed by atoms with Crippen LogP contribution in [0.2, 0.25) is 0 Å². The van der Waals surface area contributed by atoms with Crippen LogP contribution >= 0.6 is 11.3 Å². The van der Waals surface area contributed by atoms with E-state index in [1.807, 2.05) is 36.6 Å². The summed E-state index contributed by atoms with van der Waals surface area (Å²) in [6, 6.07) is 11.7. The standard InChI is InChI=1S/C18H16FNO2S/c1-11(14-9-12(19)7-8-16(14)22-2)20-18(21)15-10-23-17-6-4-3-5-13(15)17/h3-11H,1-2H3,(H,20,21). The van der Waals surface area contributed by atoms with Crippen molar-refractivity contribution in [2.75, 3.05) is 7.11 Å². The third-order valence-corrected chi connectivity index (χ3v) is 4.69. The lowest BCUT2D eigenvalue weighted by atomic mass is 10.1. The average Bonchev–Trinajstić information content (AvgIpc) is 2.98. The fourth-order valence-electron chi connectivity index (χ4n) is 2.55. The van der Waals surface area contributed by atoms with Crippen LogP contribution in [0, 0.1) is 5.82 Å². The molecule has 0 radical (unpaired) electrons. The monoisotopic (exact) mass is 329 g/mol. The van der Waals surface area contributed by atoms with Crippen LogP contribution in [0.4, 0.5) is 4.39 Å².